The molecule has 39 heavy (non-hydrogen) atoms. The van der Waals surface area contributed by atoms with Crippen molar-refractivity contribution in [3.8, 4) is 11.3 Å². The van der Waals surface area contributed by atoms with Gasteiger partial charge in [0, 0.05) is 22.8 Å². The maximum absolute atomic E-state index is 13.7. The van der Waals surface area contributed by atoms with Crippen LogP contribution in [0.25, 0.3) is 22.2 Å². The maximum atomic E-state index is 13.7. The third-order valence-electron chi connectivity index (χ3n) is 6.24. The molecule has 0 bridgehead atoms. The molecule has 2 aromatic carbocycles. The van der Waals surface area contributed by atoms with Crippen molar-refractivity contribution in [3.63, 3.8) is 0 Å². The van der Waals surface area contributed by atoms with Gasteiger partial charge in [-0.15, -0.1) is 0 Å². The van der Waals surface area contributed by atoms with Crippen LogP contribution in [-0.2, 0) is 18.9 Å². The highest BCUT2D eigenvalue weighted by molar-refractivity contribution is 5.93. The van der Waals surface area contributed by atoms with E-state index in [0.717, 1.165) is 44.1 Å². The molecule has 0 atom stereocenters. The molecule has 2 heterocycles. The zero-order valence-electron chi connectivity index (χ0n) is 21.4. The van der Waals surface area contributed by atoms with Crippen LogP contribution in [0.4, 0.5) is 37.8 Å². The zero-order valence-corrected chi connectivity index (χ0v) is 21.4. The summed E-state index contributed by atoms with van der Waals surface area (Å²) in [6, 6.07) is 11.4. The van der Waals surface area contributed by atoms with Crippen molar-refractivity contribution >= 4 is 22.4 Å². The fourth-order valence-corrected chi connectivity index (χ4v) is 4.17. The standard InChI is InChI=1S/C28H27F6N5/c1-3-5-15-39(4-2)17-24-37-23-16-18(25-22(28(32,33)34)7-6-14-35-25)8-13-21(23)26(38-24)36-20-11-9-19(10-12-20)27(29,30)31/h6-14,16H,3-5,15,17H2,1-2H3,(H,36,37,38). The minimum atomic E-state index is -4.59. The summed E-state index contributed by atoms with van der Waals surface area (Å²) in [5.41, 5.74) is -0.867. The summed E-state index contributed by atoms with van der Waals surface area (Å²) >= 11 is 0. The minimum absolute atomic E-state index is 0.220. The number of anilines is 2. The third-order valence-corrected chi connectivity index (χ3v) is 6.24. The van der Waals surface area contributed by atoms with Crippen molar-refractivity contribution in [1.82, 2.24) is 19.9 Å². The topological polar surface area (TPSA) is 53.9 Å². The monoisotopic (exact) mass is 547 g/mol. The molecular formula is C28H27F6N5. The highest BCUT2D eigenvalue weighted by atomic mass is 19.4. The van der Waals surface area contributed by atoms with Crippen molar-refractivity contribution in [1.29, 1.82) is 0 Å². The average molecular weight is 548 g/mol. The number of alkyl halides is 6. The second kappa shape index (κ2) is 11.6. The Bertz CT molecular complexity index is 1420. The highest BCUT2D eigenvalue weighted by Crippen LogP contribution is 2.37. The second-order valence-electron chi connectivity index (χ2n) is 9.04. The van der Waals surface area contributed by atoms with Crippen LogP contribution in [0, 0.1) is 0 Å². The molecule has 4 rings (SSSR count). The summed E-state index contributed by atoms with van der Waals surface area (Å²) in [7, 11) is 0. The number of aromatic nitrogens is 3. The number of rotatable bonds is 9. The number of fused-ring (bicyclic) bond motifs is 1. The molecule has 0 aliphatic heterocycles. The Balaban J connectivity index is 1.79. The van der Waals surface area contributed by atoms with E-state index in [-0.39, 0.29) is 11.3 Å². The van der Waals surface area contributed by atoms with E-state index in [4.69, 9.17) is 0 Å². The molecule has 0 aliphatic rings. The van der Waals surface area contributed by atoms with Gasteiger partial charge in [0.05, 0.1) is 28.9 Å². The van der Waals surface area contributed by atoms with E-state index in [2.05, 4.69) is 32.1 Å². The fourth-order valence-electron chi connectivity index (χ4n) is 4.17. The van der Waals surface area contributed by atoms with Gasteiger partial charge in [0.15, 0.2) is 0 Å². The van der Waals surface area contributed by atoms with Gasteiger partial charge in [-0.3, -0.25) is 9.88 Å². The van der Waals surface area contributed by atoms with Crippen LogP contribution >= 0.6 is 0 Å². The largest absolute Gasteiger partial charge is 0.418 e. The molecule has 5 nitrogen and oxygen atoms in total. The number of nitrogens with one attached hydrogen (secondary N) is 1. The zero-order chi connectivity index (χ0) is 28.2. The number of unbranched alkanes of at least 4 members (excludes halogenated alkanes) is 1. The predicted octanol–water partition coefficient (Wildman–Crippen LogP) is 8.10. The van der Waals surface area contributed by atoms with Gasteiger partial charge in [0.1, 0.15) is 11.6 Å². The van der Waals surface area contributed by atoms with E-state index in [1.54, 1.807) is 6.07 Å². The Labute approximate surface area is 221 Å². The number of halogens is 6. The summed E-state index contributed by atoms with van der Waals surface area (Å²) in [5, 5.41) is 3.57. The normalized spacial score (nSPS) is 12.3. The van der Waals surface area contributed by atoms with Gasteiger partial charge in [0.2, 0.25) is 0 Å². The Hall–Kier alpha value is -3.73. The van der Waals surface area contributed by atoms with Gasteiger partial charge in [0.25, 0.3) is 0 Å². The summed E-state index contributed by atoms with van der Waals surface area (Å²) in [6.07, 6.45) is -5.78. The first-order valence-corrected chi connectivity index (χ1v) is 12.5. The number of hydrogen-bond acceptors (Lipinski definition) is 5. The molecule has 1 N–H and O–H groups in total. The molecular weight excluding hydrogens is 520 g/mol. The summed E-state index contributed by atoms with van der Waals surface area (Å²) in [5.74, 6) is 0.772. The van der Waals surface area contributed by atoms with E-state index < -0.39 is 23.5 Å². The van der Waals surface area contributed by atoms with Gasteiger partial charge in [-0.05, 0) is 68.0 Å². The van der Waals surface area contributed by atoms with Crippen molar-refractivity contribution in [2.75, 3.05) is 18.4 Å². The minimum Gasteiger partial charge on any atom is -0.340 e. The van der Waals surface area contributed by atoms with Gasteiger partial charge >= 0.3 is 12.4 Å². The first-order chi connectivity index (χ1) is 18.5. The molecule has 0 unspecified atom stereocenters. The van der Waals surface area contributed by atoms with Gasteiger partial charge in [-0.1, -0.05) is 26.3 Å². The number of nitrogens with zero attached hydrogens (tertiary/aromatic N) is 4. The smallest absolute Gasteiger partial charge is 0.340 e. The number of pyridine rings is 1. The van der Waals surface area contributed by atoms with Crippen LogP contribution in [0.5, 0.6) is 0 Å². The first kappa shape index (κ1) is 28.3. The molecule has 206 valence electrons. The number of benzene rings is 2. The van der Waals surface area contributed by atoms with E-state index in [1.807, 2.05) is 6.92 Å². The van der Waals surface area contributed by atoms with Crippen LogP contribution < -0.4 is 5.32 Å². The Morgan fingerprint density at radius 2 is 1.62 bits per heavy atom. The van der Waals surface area contributed by atoms with Gasteiger partial charge < -0.3 is 5.32 Å². The summed E-state index contributed by atoms with van der Waals surface area (Å²) < 4.78 is 80.0. The Morgan fingerprint density at radius 3 is 2.26 bits per heavy atom. The number of hydrogen-bond donors (Lipinski definition) is 1. The summed E-state index contributed by atoms with van der Waals surface area (Å²) in [6.45, 7) is 6.05. The molecule has 0 saturated heterocycles. The summed E-state index contributed by atoms with van der Waals surface area (Å²) in [4.78, 5) is 15.4. The lowest BCUT2D eigenvalue weighted by Gasteiger charge is -2.20. The van der Waals surface area contributed by atoms with Crippen LogP contribution in [0.2, 0.25) is 0 Å². The molecule has 2 aromatic heterocycles. The Kier molecular flexibility index (Phi) is 8.39. The van der Waals surface area contributed by atoms with Crippen molar-refractivity contribution in [3.05, 3.63) is 77.7 Å². The molecule has 0 spiro atoms. The molecule has 0 radical (unpaired) electrons. The van der Waals surface area contributed by atoms with E-state index >= 15 is 0 Å². The fraction of sp³-hybridized carbons (Fsp3) is 0.321. The second-order valence-corrected chi connectivity index (χ2v) is 9.04. The maximum Gasteiger partial charge on any atom is 0.418 e. The van der Waals surface area contributed by atoms with Crippen LogP contribution in [-0.4, -0.2) is 32.9 Å². The van der Waals surface area contributed by atoms with Crippen molar-refractivity contribution in [2.24, 2.45) is 0 Å². The van der Waals surface area contributed by atoms with Crippen molar-refractivity contribution in [2.45, 2.75) is 45.6 Å². The van der Waals surface area contributed by atoms with Crippen LogP contribution in [0.15, 0.2) is 60.8 Å². The third kappa shape index (κ3) is 6.83. The Morgan fingerprint density at radius 1 is 0.872 bits per heavy atom. The lowest BCUT2D eigenvalue weighted by Crippen LogP contribution is -2.25. The first-order valence-electron chi connectivity index (χ1n) is 12.5. The van der Waals surface area contributed by atoms with Gasteiger partial charge in [-0.25, -0.2) is 9.97 Å². The quantitative estimate of drug-likeness (QED) is 0.215. The molecule has 0 aliphatic carbocycles. The lowest BCUT2D eigenvalue weighted by atomic mass is 10.0. The van der Waals surface area contributed by atoms with E-state index in [0.29, 0.717) is 34.8 Å². The molecule has 0 fully saturated rings. The molecule has 4 aromatic rings. The van der Waals surface area contributed by atoms with E-state index in [9.17, 15) is 26.3 Å². The predicted molar refractivity (Wildman–Crippen MR) is 138 cm³/mol. The SMILES string of the molecule is CCCCN(CC)Cc1nc(Nc2ccc(C(F)(F)F)cc2)c2ccc(-c3ncccc3C(F)(F)F)cc2n1. The van der Waals surface area contributed by atoms with Crippen molar-refractivity contribution < 1.29 is 26.3 Å². The lowest BCUT2D eigenvalue weighted by molar-refractivity contribution is -0.138. The van der Waals surface area contributed by atoms with Crippen LogP contribution in [0.3, 0.4) is 0 Å². The van der Waals surface area contributed by atoms with Gasteiger partial charge in [-0.2, -0.15) is 26.3 Å². The molecule has 0 saturated carbocycles. The molecule has 11 heteroatoms. The van der Waals surface area contributed by atoms with Crippen LogP contribution in [0.1, 0.15) is 43.6 Å². The molecule has 0 amide bonds. The highest BCUT2D eigenvalue weighted by Gasteiger charge is 2.34. The average Bonchev–Trinajstić information content (AvgIpc) is 2.90. The van der Waals surface area contributed by atoms with E-state index in [1.165, 1.54) is 36.5 Å².